The third kappa shape index (κ3) is 5.49. The maximum Gasteiger partial charge on any atom is 0.106 e. The summed E-state index contributed by atoms with van der Waals surface area (Å²) in [5.74, 6) is 1.43. The summed E-state index contributed by atoms with van der Waals surface area (Å²) in [4.78, 5) is 14.0. The van der Waals surface area contributed by atoms with Gasteiger partial charge in [-0.25, -0.2) is 0 Å². The Morgan fingerprint density at radius 3 is 2.49 bits per heavy atom. The predicted octanol–water partition coefficient (Wildman–Crippen LogP) is 9.70. The van der Waals surface area contributed by atoms with Crippen molar-refractivity contribution in [2.75, 3.05) is 0 Å². The molecule has 5 nitrogen and oxygen atoms in total. The number of pyridine rings is 2. The minimum absolute atomic E-state index is 0. The Morgan fingerprint density at radius 2 is 1.77 bits per heavy atom. The van der Waals surface area contributed by atoms with Gasteiger partial charge in [0.05, 0.1) is 0 Å². The van der Waals surface area contributed by atoms with E-state index >= 15 is 0 Å². The van der Waals surface area contributed by atoms with Crippen LogP contribution in [0.5, 0.6) is 0 Å². The first-order chi connectivity index (χ1) is 22.3. The molecule has 0 unspecified atom stereocenters. The van der Waals surface area contributed by atoms with Crippen molar-refractivity contribution in [3.05, 3.63) is 114 Å². The second-order valence-corrected chi connectivity index (χ2v) is 13.7. The first-order valence-electron chi connectivity index (χ1n) is 16.2. The number of hydrogen-bond acceptors (Lipinski definition) is 3. The predicted molar refractivity (Wildman–Crippen MR) is 184 cm³/mol. The van der Waals surface area contributed by atoms with E-state index in [9.17, 15) is 4.39 Å². The van der Waals surface area contributed by atoms with Gasteiger partial charge in [-0.3, -0.25) is 9.37 Å². The Labute approximate surface area is 287 Å². The standard InChI is InChI=1S/C25H21N4.C15H15FN.Ir/c1-15-14-28-24-22-17(10-11-26-24)13-18(12-16-6-2-3-7-16)21-19-8-4-5-9-20(19)29(23(21)22)25(28)27-15;1-15(2,3)12-6-9-14(17-10-12)11-4-7-13(16)8-5-11;/h4-5,8-11,13,16H,2-3,6-7,12H2,1H3;4,6-10H,1-3H3;/q2*-1;. The van der Waals surface area contributed by atoms with Crippen LogP contribution in [-0.4, -0.2) is 23.8 Å². The maximum atomic E-state index is 12.8. The molecule has 3 aromatic carbocycles. The van der Waals surface area contributed by atoms with Gasteiger partial charge in [-0.15, -0.1) is 29.8 Å². The van der Waals surface area contributed by atoms with Crippen molar-refractivity contribution in [3.8, 4) is 11.3 Å². The number of fused-ring (bicyclic) bond motifs is 6. The van der Waals surface area contributed by atoms with E-state index in [1.807, 2.05) is 29.8 Å². The Hall–Kier alpha value is -4.19. The van der Waals surface area contributed by atoms with Gasteiger partial charge in [0.1, 0.15) is 5.78 Å². The van der Waals surface area contributed by atoms with Crippen molar-refractivity contribution in [2.45, 2.75) is 65.2 Å². The van der Waals surface area contributed by atoms with Crippen LogP contribution in [0.15, 0.2) is 79.1 Å². The number of nitrogens with zero attached hydrogens (tertiary/aromatic N) is 5. The van der Waals surface area contributed by atoms with Gasteiger partial charge in [-0.1, -0.05) is 89.0 Å². The molecule has 5 heterocycles. The van der Waals surface area contributed by atoms with Crippen LogP contribution in [0, 0.1) is 30.9 Å². The van der Waals surface area contributed by atoms with Gasteiger partial charge in [-0.05, 0) is 70.1 Å². The van der Waals surface area contributed by atoms with Crippen LogP contribution in [-0.2, 0) is 31.9 Å². The SMILES string of the molecule is CC(C)(C)c1ccc(-c2[c-]cc(F)cc2)nc1.Cc1[c-]n2c3nccc4cc(CC5CCCC5)c5c6ccccc6n(c5c43)c2n1.[Ir]. The molecule has 0 aliphatic heterocycles. The molecule has 0 amide bonds. The van der Waals surface area contributed by atoms with E-state index in [1.165, 1.54) is 81.5 Å². The zero-order chi connectivity index (χ0) is 31.6. The van der Waals surface area contributed by atoms with E-state index in [1.54, 1.807) is 6.07 Å². The zero-order valence-electron chi connectivity index (χ0n) is 27.1. The topological polar surface area (TPSA) is 47.5 Å². The van der Waals surface area contributed by atoms with E-state index in [4.69, 9.17) is 9.97 Å². The van der Waals surface area contributed by atoms with Gasteiger partial charge < -0.3 is 18.8 Å². The summed E-state index contributed by atoms with van der Waals surface area (Å²) >= 11 is 0. The first-order valence-corrected chi connectivity index (χ1v) is 16.2. The molecule has 1 saturated carbocycles. The van der Waals surface area contributed by atoms with Crippen LogP contribution in [0.3, 0.4) is 0 Å². The number of benzene rings is 3. The fraction of sp³-hybridized carbons (Fsp3) is 0.275. The van der Waals surface area contributed by atoms with Crippen molar-refractivity contribution in [2.24, 2.45) is 5.92 Å². The summed E-state index contributed by atoms with van der Waals surface area (Å²) in [5, 5.41) is 5.20. The van der Waals surface area contributed by atoms with Crippen molar-refractivity contribution in [3.63, 3.8) is 0 Å². The molecule has 1 aliphatic rings. The minimum atomic E-state index is -0.278. The molecule has 0 N–H and O–H groups in total. The molecular weight excluding hydrogens is 762 g/mol. The second-order valence-electron chi connectivity index (χ2n) is 13.7. The van der Waals surface area contributed by atoms with Crippen LogP contribution in [0.25, 0.3) is 55.3 Å². The molecule has 5 aromatic heterocycles. The van der Waals surface area contributed by atoms with E-state index in [2.05, 4.69) is 84.9 Å². The molecule has 0 atom stereocenters. The second kappa shape index (κ2) is 12.1. The van der Waals surface area contributed by atoms with Crippen molar-refractivity contribution < 1.29 is 24.5 Å². The molecule has 0 saturated heterocycles. The number of aromatic nitrogens is 5. The van der Waals surface area contributed by atoms with Crippen LogP contribution in [0.4, 0.5) is 4.39 Å². The molecule has 7 heteroatoms. The third-order valence-corrected chi connectivity index (χ3v) is 9.54. The largest absolute Gasteiger partial charge is 0.432 e. The number of aryl methyl sites for hydroxylation is 1. The fourth-order valence-corrected chi connectivity index (χ4v) is 7.25. The zero-order valence-corrected chi connectivity index (χ0v) is 29.5. The number of rotatable bonds is 3. The number of imidazole rings is 1. The normalized spacial score (nSPS) is 14.0. The van der Waals surface area contributed by atoms with E-state index < -0.39 is 0 Å². The summed E-state index contributed by atoms with van der Waals surface area (Å²) in [6.07, 6.45) is 13.8. The molecule has 1 fully saturated rings. The van der Waals surface area contributed by atoms with Crippen molar-refractivity contribution >= 4 is 44.0 Å². The Balaban J connectivity index is 0.000000169. The Bertz CT molecular complexity index is 2340. The summed E-state index contributed by atoms with van der Waals surface area (Å²) in [5.41, 5.74) is 8.72. The smallest absolute Gasteiger partial charge is 0.106 e. The molecule has 8 aromatic rings. The average Bonchev–Trinajstić information content (AvgIpc) is 3.79. The minimum Gasteiger partial charge on any atom is -0.432 e. The number of para-hydroxylation sites is 1. The number of halogens is 1. The quantitative estimate of drug-likeness (QED) is 0.168. The molecule has 0 spiro atoms. The Kier molecular flexibility index (Phi) is 8.10. The van der Waals surface area contributed by atoms with Crippen LogP contribution < -0.4 is 0 Å². The van der Waals surface area contributed by atoms with Gasteiger partial charge in [0, 0.05) is 65.8 Å². The molecule has 1 radical (unpaired) electrons. The molecular formula is C40H36FIrN5-2. The summed E-state index contributed by atoms with van der Waals surface area (Å²) in [7, 11) is 0. The van der Waals surface area contributed by atoms with Crippen LogP contribution >= 0.6 is 0 Å². The van der Waals surface area contributed by atoms with E-state index in [-0.39, 0.29) is 31.3 Å². The van der Waals surface area contributed by atoms with Crippen molar-refractivity contribution in [1.29, 1.82) is 0 Å². The van der Waals surface area contributed by atoms with Crippen LogP contribution in [0.2, 0.25) is 0 Å². The van der Waals surface area contributed by atoms with Crippen molar-refractivity contribution in [1.82, 2.24) is 23.8 Å². The molecule has 239 valence electrons. The summed E-state index contributed by atoms with van der Waals surface area (Å²) in [6.45, 7) is 8.44. The molecule has 0 bridgehead atoms. The molecule has 9 rings (SSSR count). The van der Waals surface area contributed by atoms with Gasteiger partial charge in [0.2, 0.25) is 0 Å². The summed E-state index contributed by atoms with van der Waals surface area (Å²) < 4.78 is 17.1. The third-order valence-electron chi connectivity index (χ3n) is 9.54. The van der Waals surface area contributed by atoms with E-state index in [0.717, 1.165) is 40.7 Å². The van der Waals surface area contributed by atoms with Gasteiger partial charge in [0.25, 0.3) is 0 Å². The number of hydrogen-bond donors (Lipinski definition) is 0. The monoisotopic (exact) mass is 798 g/mol. The fourth-order valence-electron chi connectivity index (χ4n) is 7.25. The van der Waals surface area contributed by atoms with Gasteiger partial charge in [-0.2, -0.15) is 0 Å². The molecule has 1 aliphatic carbocycles. The summed E-state index contributed by atoms with van der Waals surface area (Å²) in [6, 6.07) is 24.7. The first kappa shape index (κ1) is 31.4. The van der Waals surface area contributed by atoms with Gasteiger partial charge >= 0.3 is 0 Å². The Morgan fingerprint density at radius 1 is 0.957 bits per heavy atom. The molecule has 47 heavy (non-hydrogen) atoms. The van der Waals surface area contributed by atoms with Crippen LogP contribution in [0.1, 0.15) is 63.3 Å². The van der Waals surface area contributed by atoms with E-state index in [0.29, 0.717) is 0 Å². The van der Waals surface area contributed by atoms with Gasteiger partial charge in [0.15, 0.2) is 0 Å². The maximum absolute atomic E-state index is 12.8. The average molecular weight is 798 g/mol.